The summed E-state index contributed by atoms with van der Waals surface area (Å²) in [5, 5.41) is 8.43. The second kappa shape index (κ2) is 13.2. The fraction of sp³-hybridized carbons (Fsp3) is 0.333. The summed E-state index contributed by atoms with van der Waals surface area (Å²) in [4.78, 5) is 20.2. The predicted octanol–water partition coefficient (Wildman–Crippen LogP) is 3.45. The van der Waals surface area contributed by atoms with Crippen LogP contribution in [0.2, 0.25) is 0 Å². The van der Waals surface area contributed by atoms with Gasteiger partial charge in [0.2, 0.25) is 0 Å². The molecule has 1 N–H and O–H groups in total. The van der Waals surface area contributed by atoms with E-state index in [-0.39, 0.29) is 6.42 Å². The van der Waals surface area contributed by atoms with Crippen molar-refractivity contribution in [1.82, 2.24) is 0 Å². The summed E-state index contributed by atoms with van der Waals surface area (Å²) in [6.07, 6.45) is 19.3. The summed E-state index contributed by atoms with van der Waals surface area (Å²) >= 11 is 0. The zero-order valence-corrected chi connectivity index (χ0v) is 10.5. The summed E-state index contributed by atoms with van der Waals surface area (Å²) in [7, 11) is 0. The Morgan fingerprint density at radius 1 is 0.833 bits per heavy atom. The minimum Gasteiger partial charge on any atom is -0.481 e. The first-order valence-electron chi connectivity index (χ1n) is 6.08. The smallest absolute Gasteiger partial charge is 0.303 e. The molecule has 0 heterocycles. The molecule has 0 spiro atoms. The number of allylic oxidation sites excluding steroid dienone is 8. The molecule has 3 heteroatoms. The molecule has 0 bridgehead atoms. The number of carbonyl (C=O) groups is 2. The van der Waals surface area contributed by atoms with Gasteiger partial charge in [0.1, 0.15) is 6.29 Å². The van der Waals surface area contributed by atoms with Crippen molar-refractivity contribution >= 4 is 12.3 Å². The molecule has 0 aromatic carbocycles. The Balaban J connectivity index is 3.43. The molecule has 0 aliphatic carbocycles. The van der Waals surface area contributed by atoms with E-state index in [1.54, 1.807) is 12.2 Å². The molecule has 3 nitrogen and oxygen atoms in total. The molecule has 0 atom stereocenters. The third-order valence-electron chi connectivity index (χ3n) is 2.09. The van der Waals surface area contributed by atoms with Crippen LogP contribution in [0.1, 0.15) is 32.1 Å². The Hall–Kier alpha value is -1.90. The molecule has 0 fully saturated rings. The highest BCUT2D eigenvalue weighted by atomic mass is 16.4. The molecule has 0 unspecified atom stereocenters. The average molecular weight is 248 g/mol. The molecule has 0 aromatic heterocycles. The minimum atomic E-state index is -0.734. The van der Waals surface area contributed by atoms with Crippen molar-refractivity contribution in [1.29, 1.82) is 0 Å². The lowest BCUT2D eigenvalue weighted by atomic mass is 10.2. The van der Waals surface area contributed by atoms with E-state index in [9.17, 15) is 9.59 Å². The van der Waals surface area contributed by atoms with Gasteiger partial charge in [-0.25, -0.2) is 0 Å². The lowest BCUT2D eigenvalue weighted by Gasteiger charge is -1.90. The number of hydrogen-bond acceptors (Lipinski definition) is 2. The first kappa shape index (κ1) is 16.1. The van der Waals surface area contributed by atoms with Crippen molar-refractivity contribution in [3.63, 3.8) is 0 Å². The van der Waals surface area contributed by atoms with Crippen molar-refractivity contribution in [3.8, 4) is 0 Å². The fourth-order valence-corrected chi connectivity index (χ4v) is 1.21. The SMILES string of the molecule is O=CC=CC=CC=CCCC=CCCCC(=O)O. The van der Waals surface area contributed by atoms with Crippen LogP contribution in [0.5, 0.6) is 0 Å². The van der Waals surface area contributed by atoms with Crippen LogP contribution < -0.4 is 0 Å². The maximum Gasteiger partial charge on any atom is 0.303 e. The normalized spacial score (nSPS) is 12.2. The van der Waals surface area contributed by atoms with E-state index in [1.165, 1.54) is 6.08 Å². The first-order valence-corrected chi connectivity index (χ1v) is 6.08. The lowest BCUT2D eigenvalue weighted by molar-refractivity contribution is -0.137. The van der Waals surface area contributed by atoms with Crippen molar-refractivity contribution in [2.24, 2.45) is 0 Å². The summed E-state index contributed by atoms with van der Waals surface area (Å²) in [5.41, 5.74) is 0. The highest BCUT2D eigenvalue weighted by Gasteiger charge is 1.92. The summed E-state index contributed by atoms with van der Waals surface area (Å²) in [6, 6.07) is 0. The van der Waals surface area contributed by atoms with E-state index in [1.807, 2.05) is 24.3 Å². The quantitative estimate of drug-likeness (QED) is 0.212. The second-order valence-corrected chi connectivity index (χ2v) is 3.67. The molecule has 98 valence electrons. The number of rotatable bonds is 10. The monoisotopic (exact) mass is 248 g/mol. The molecule has 0 radical (unpaired) electrons. The molecular formula is C15H20O3. The zero-order chi connectivity index (χ0) is 13.5. The highest BCUT2D eigenvalue weighted by Crippen LogP contribution is 1.99. The van der Waals surface area contributed by atoms with E-state index in [0.29, 0.717) is 6.42 Å². The summed E-state index contributed by atoms with van der Waals surface area (Å²) in [5.74, 6) is -0.734. The zero-order valence-electron chi connectivity index (χ0n) is 10.5. The van der Waals surface area contributed by atoms with Gasteiger partial charge in [-0.2, -0.15) is 0 Å². The van der Waals surface area contributed by atoms with Gasteiger partial charge in [0.05, 0.1) is 0 Å². The number of hydrogen-bond donors (Lipinski definition) is 1. The van der Waals surface area contributed by atoms with Crippen LogP contribution in [-0.4, -0.2) is 17.4 Å². The van der Waals surface area contributed by atoms with E-state index in [4.69, 9.17) is 5.11 Å². The Kier molecular flexibility index (Phi) is 11.8. The number of aliphatic carboxylic acids is 1. The van der Waals surface area contributed by atoms with Crippen LogP contribution in [0.3, 0.4) is 0 Å². The van der Waals surface area contributed by atoms with Crippen molar-refractivity contribution in [2.45, 2.75) is 32.1 Å². The van der Waals surface area contributed by atoms with Gasteiger partial charge in [0, 0.05) is 6.42 Å². The van der Waals surface area contributed by atoms with Gasteiger partial charge in [-0.1, -0.05) is 42.5 Å². The third-order valence-corrected chi connectivity index (χ3v) is 2.09. The lowest BCUT2D eigenvalue weighted by Crippen LogP contribution is -1.92. The topological polar surface area (TPSA) is 54.4 Å². The molecule has 18 heavy (non-hydrogen) atoms. The van der Waals surface area contributed by atoms with Crippen LogP contribution in [-0.2, 0) is 9.59 Å². The Labute approximate surface area is 108 Å². The van der Waals surface area contributed by atoms with Crippen molar-refractivity contribution in [3.05, 3.63) is 48.6 Å². The number of carbonyl (C=O) groups excluding carboxylic acids is 1. The van der Waals surface area contributed by atoms with Gasteiger partial charge in [-0.15, -0.1) is 0 Å². The molecular weight excluding hydrogens is 228 g/mol. The summed E-state index contributed by atoms with van der Waals surface area (Å²) < 4.78 is 0. The third kappa shape index (κ3) is 14.1. The largest absolute Gasteiger partial charge is 0.481 e. The standard InChI is InChI=1S/C15H20O3/c16-14-12-10-8-6-4-2-1-3-5-7-9-11-13-15(17)18/h2,4-8,10,12,14H,1,3,9,11,13H2,(H,17,18). The van der Waals surface area contributed by atoms with E-state index >= 15 is 0 Å². The van der Waals surface area contributed by atoms with Gasteiger partial charge in [0.15, 0.2) is 0 Å². The molecule has 0 aromatic rings. The van der Waals surface area contributed by atoms with Crippen LogP contribution >= 0.6 is 0 Å². The van der Waals surface area contributed by atoms with Gasteiger partial charge >= 0.3 is 5.97 Å². The van der Waals surface area contributed by atoms with Crippen LogP contribution in [0, 0.1) is 0 Å². The number of carboxylic acids is 1. The second-order valence-electron chi connectivity index (χ2n) is 3.67. The van der Waals surface area contributed by atoms with Crippen LogP contribution in [0.15, 0.2) is 48.6 Å². The van der Waals surface area contributed by atoms with Gasteiger partial charge in [0.25, 0.3) is 0 Å². The minimum absolute atomic E-state index is 0.239. The van der Waals surface area contributed by atoms with Gasteiger partial charge in [-0.05, 0) is 31.8 Å². The molecule has 0 aliphatic rings. The summed E-state index contributed by atoms with van der Waals surface area (Å²) in [6.45, 7) is 0. The van der Waals surface area contributed by atoms with Gasteiger partial charge in [-0.3, -0.25) is 9.59 Å². The van der Waals surface area contributed by atoms with E-state index in [0.717, 1.165) is 25.5 Å². The van der Waals surface area contributed by atoms with E-state index in [2.05, 4.69) is 6.08 Å². The van der Waals surface area contributed by atoms with Crippen LogP contribution in [0.25, 0.3) is 0 Å². The van der Waals surface area contributed by atoms with Crippen molar-refractivity contribution in [2.75, 3.05) is 0 Å². The Morgan fingerprint density at radius 3 is 2.17 bits per heavy atom. The van der Waals surface area contributed by atoms with Gasteiger partial charge < -0.3 is 5.11 Å². The molecule has 0 aliphatic heterocycles. The molecule has 0 saturated heterocycles. The first-order chi connectivity index (χ1) is 8.77. The number of unbranched alkanes of at least 4 members (excludes halogenated alkanes) is 2. The Bertz CT molecular complexity index is 336. The molecule has 0 saturated carbocycles. The van der Waals surface area contributed by atoms with E-state index < -0.39 is 5.97 Å². The maximum absolute atomic E-state index is 10.2. The Morgan fingerprint density at radius 2 is 1.44 bits per heavy atom. The molecule has 0 amide bonds. The average Bonchev–Trinajstić information content (AvgIpc) is 2.34. The predicted molar refractivity (Wildman–Crippen MR) is 73.3 cm³/mol. The maximum atomic E-state index is 10.2. The fourth-order valence-electron chi connectivity index (χ4n) is 1.21. The highest BCUT2D eigenvalue weighted by molar-refractivity contribution is 5.66. The van der Waals surface area contributed by atoms with Crippen LogP contribution in [0.4, 0.5) is 0 Å². The number of carboxylic acid groups (broad SMARTS) is 1. The molecule has 0 rings (SSSR count). The van der Waals surface area contributed by atoms with Crippen molar-refractivity contribution < 1.29 is 14.7 Å². The number of aldehydes is 1.